The molecule has 1 amide bonds. The summed E-state index contributed by atoms with van der Waals surface area (Å²) in [6.45, 7) is 1.96. The van der Waals surface area contributed by atoms with Crippen LogP contribution >= 0.6 is 0 Å². The molecule has 0 aliphatic carbocycles. The van der Waals surface area contributed by atoms with E-state index >= 15 is 0 Å². The van der Waals surface area contributed by atoms with Crippen LogP contribution in [0.5, 0.6) is 0 Å². The van der Waals surface area contributed by atoms with Crippen LogP contribution in [0.4, 0.5) is 10.6 Å². The second-order valence-corrected chi connectivity index (χ2v) is 5.26. The van der Waals surface area contributed by atoms with Crippen molar-refractivity contribution in [2.75, 3.05) is 18.9 Å². The topological polar surface area (TPSA) is 158 Å². The Kier molecular flexibility index (Phi) is 4.46. The Bertz CT molecular complexity index is 737. The summed E-state index contributed by atoms with van der Waals surface area (Å²) in [6, 6.07) is 0. The molecule has 11 nitrogen and oxygen atoms in total. The van der Waals surface area contributed by atoms with Gasteiger partial charge in [0.05, 0.1) is 6.33 Å². The Labute approximate surface area is 136 Å². The van der Waals surface area contributed by atoms with Crippen molar-refractivity contribution in [1.29, 1.82) is 0 Å². The van der Waals surface area contributed by atoms with E-state index < -0.39 is 30.6 Å². The Hall–Kier alpha value is -2.50. The third kappa shape index (κ3) is 2.84. The first-order chi connectivity index (χ1) is 11.5. The zero-order valence-corrected chi connectivity index (χ0v) is 12.9. The minimum atomic E-state index is -1.25. The number of carbonyl (C=O) groups is 1. The summed E-state index contributed by atoms with van der Waals surface area (Å²) < 4.78 is 12.0. The summed E-state index contributed by atoms with van der Waals surface area (Å²) in [5, 5.41) is 22.8. The number of carbonyl (C=O) groups excluding carboxylic acids is 1. The quantitative estimate of drug-likeness (QED) is 0.536. The molecule has 0 spiro atoms. The zero-order valence-electron chi connectivity index (χ0n) is 12.9. The van der Waals surface area contributed by atoms with Crippen molar-refractivity contribution >= 4 is 23.1 Å². The van der Waals surface area contributed by atoms with Crippen molar-refractivity contribution in [2.24, 2.45) is 0 Å². The molecule has 1 fully saturated rings. The molecule has 1 aliphatic heterocycles. The molecule has 2 aromatic heterocycles. The first-order valence-corrected chi connectivity index (χ1v) is 7.38. The van der Waals surface area contributed by atoms with Gasteiger partial charge in [-0.1, -0.05) is 0 Å². The first-order valence-electron chi connectivity index (χ1n) is 7.38. The number of rotatable bonds is 4. The Morgan fingerprint density at radius 1 is 1.42 bits per heavy atom. The summed E-state index contributed by atoms with van der Waals surface area (Å²) in [5.41, 5.74) is 6.45. The van der Waals surface area contributed by atoms with Crippen LogP contribution in [0.25, 0.3) is 11.2 Å². The minimum Gasteiger partial charge on any atom is -0.447 e. The fraction of sp³-hybridized carbons (Fsp3) is 0.538. The Morgan fingerprint density at radius 3 is 2.96 bits per heavy atom. The van der Waals surface area contributed by atoms with Crippen molar-refractivity contribution in [1.82, 2.24) is 24.8 Å². The monoisotopic (exact) mass is 338 g/mol. The zero-order chi connectivity index (χ0) is 17.3. The number of imidazole rings is 1. The second-order valence-electron chi connectivity index (χ2n) is 5.26. The largest absolute Gasteiger partial charge is 0.447 e. The van der Waals surface area contributed by atoms with Crippen LogP contribution in [0.3, 0.4) is 0 Å². The molecule has 0 unspecified atom stereocenters. The number of nitrogen functional groups attached to an aromatic ring is 1. The van der Waals surface area contributed by atoms with Gasteiger partial charge in [0.15, 0.2) is 17.7 Å². The van der Waals surface area contributed by atoms with Gasteiger partial charge in [-0.15, -0.1) is 0 Å². The molecule has 4 atom stereocenters. The van der Waals surface area contributed by atoms with Crippen molar-refractivity contribution in [3.05, 3.63) is 12.7 Å². The van der Waals surface area contributed by atoms with Crippen LogP contribution in [0.2, 0.25) is 0 Å². The van der Waals surface area contributed by atoms with Crippen LogP contribution in [0, 0.1) is 0 Å². The van der Waals surface area contributed by atoms with E-state index in [9.17, 15) is 15.0 Å². The van der Waals surface area contributed by atoms with Crippen molar-refractivity contribution in [2.45, 2.75) is 31.5 Å². The maximum Gasteiger partial charge on any atom is 0.407 e. The second kappa shape index (κ2) is 6.55. The molecule has 0 radical (unpaired) electrons. The molecule has 130 valence electrons. The standard InChI is InChI=1S/C13H18N6O5/c1-2-15-13(22)23-3-6-8(20)9(21)12(24-6)19-5-18-7-10(14)16-4-17-11(7)19/h4-6,8-9,12,20-21H,2-3H2,1H3,(H,15,22)(H2,14,16,17)/t6-,8-,9-,12-/m1/s1. The van der Waals surface area contributed by atoms with E-state index in [1.165, 1.54) is 17.2 Å². The number of nitrogens with two attached hydrogens (primary N) is 1. The average molecular weight is 338 g/mol. The van der Waals surface area contributed by atoms with E-state index in [4.69, 9.17) is 15.2 Å². The summed E-state index contributed by atoms with van der Waals surface area (Å²) in [5.74, 6) is 0.197. The van der Waals surface area contributed by atoms with Crippen LogP contribution in [-0.2, 0) is 9.47 Å². The number of amides is 1. The predicted molar refractivity (Wildman–Crippen MR) is 80.7 cm³/mol. The summed E-state index contributed by atoms with van der Waals surface area (Å²) in [4.78, 5) is 23.3. The highest BCUT2D eigenvalue weighted by molar-refractivity contribution is 5.81. The fourth-order valence-corrected chi connectivity index (χ4v) is 2.51. The number of hydrogen-bond acceptors (Lipinski definition) is 9. The lowest BCUT2D eigenvalue weighted by Crippen LogP contribution is -2.35. The van der Waals surface area contributed by atoms with E-state index in [0.717, 1.165) is 0 Å². The lowest BCUT2D eigenvalue weighted by Gasteiger charge is -2.16. The number of aliphatic hydroxyl groups excluding tert-OH is 2. The van der Waals surface area contributed by atoms with Gasteiger partial charge < -0.3 is 30.7 Å². The number of anilines is 1. The molecular weight excluding hydrogens is 320 g/mol. The number of nitrogens with one attached hydrogen (secondary N) is 1. The van der Waals surface area contributed by atoms with Crippen LogP contribution in [0.15, 0.2) is 12.7 Å². The molecular formula is C13H18N6O5. The molecule has 3 rings (SSSR count). The Balaban J connectivity index is 1.77. The van der Waals surface area contributed by atoms with Gasteiger partial charge in [-0.3, -0.25) is 4.57 Å². The summed E-state index contributed by atoms with van der Waals surface area (Å²) in [6.07, 6.45) is -2.28. The number of alkyl carbamates (subject to hydrolysis) is 1. The number of nitrogens with zero attached hydrogens (tertiary/aromatic N) is 4. The molecule has 3 heterocycles. The van der Waals surface area contributed by atoms with E-state index in [-0.39, 0.29) is 12.4 Å². The van der Waals surface area contributed by atoms with Crippen LogP contribution in [-0.4, -0.2) is 67.3 Å². The van der Waals surface area contributed by atoms with E-state index in [0.29, 0.717) is 17.7 Å². The van der Waals surface area contributed by atoms with E-state index in [2.05, 4.69) is 20.3 Å². The van der Waals surface area contributed by atoms with Gasteiger partial charge in [0, 0.05) is 6.54 Å². The molecule has 24 heavy (non-hydrogen) atoms. The highest BCUT2D eigenvalue weighted by Gasteiger charge is 2.44. The van der Waals surface area contributed by atoms with Crippen molar-refractivity contribution < 1.29 is 24.5 Å². The summed E-state index contributed by atoms with van der Waals surface area (Å²) >= 11 is 0. The Morgan fingerprint density at radius 2 is 2.21 bits per heavy atom. The van der Waals surface area contributed by atoms with E-state index in [1.807, 2.05) is 0 Å². The molecule has 11 heteroatoms. The predicted octanol–water partition coefficient (Wildman–Crippen LogP) is -1.23. The molecule has 0 bridgehead atoms. The lowest BCUT2D eigenvalue weighted by molar-refractivity contribution is -0.0532. The highest BCUT2D eigenvalue weighted by Crippen LogP contribution is 2.32. The van der Waals surface area contributed by atoms with Gasteiger partial charge in [-0.2, -0.15) is 0 Å². The average Bonchev–Trinajstić information content (AvgIpc) is 3.10. The number of aliphatic hydroxyl groups is 2. The van der Waals surface area contributed by atoms with Gasteiger partial charge >= 0.3 is 6.09 Å². The van der Waals surface area contributed by atoms with Crippen LogP contribution in [0.1, 0.15) is 13.2 Å². The number of hydrogen-bond donors (Lipinski definition) is 4. The van der Waals surface area contributed by atoms with Gasteiger partial charge in [-0.05, 0) is 6.92 Å². The fourth-order valence-electron chi connectivity index (χ4n) is 2.51. The maximum absolute atomic E-state index is 11.3. The maximum atomic E-state index is 11.3. The summed E-state index contributed by atoms with van der Waals surface area (Å²) in [7, 11) is 0. The van der Waals surface area contributed by atoms with Crippen molar-refractivity contribution in [3.63, 3.8) is 0 Å². The first kappa shape index (κ1) is 16.4. The molecule has 1 aliphatic rings. The van der Waals surface area contributed by atoms with Gasteiger partial charge in [0.25, 0.3) is 0 Å². The van der Waals surface area contributed by atoms with Gasteiger partial charge in [-0.25, -0.2) is 19.7 Å². The molecule has 2 aromatic rings. The smallest absolute Gasteiger partial charge is 0.407 e. The molecule has 0 aromatic carbocycles. The molecule has 0 saturated carbocycles. The highest BCUT2D eigenvalue weighted by atomic mass is 16.6. The molecule has 1 saturated heterocycles. The number of ether oxygens (including phenoxy) is 2. The van der Waals surface area contributed by atoms with Crippen LogP contribution < -0.4 is 11.1 Å². The third-order valence-corrected chi connectivity index (χ3v) is 3.70. The minimum absolute atomic E-state index is 0.197. The van der Waals surface area contributed by atoms with Gasteiger partial charge in [0.2, 0.25) is 0 Å². The van der Waals surface area contributed by atoms with Crippen molar-refractivity contribution in [3.8, 4) is 0 Å². The molecule has 5 N–H and O–H groups in total. The SMILES string of the molecule is CCNC(=O)OC[C@H]1O[C@@H](n2cnc3c(N)ncnc32)[C@H](O)[C@@H]1O. The lowest BCUT2D eigenvalue weighted by atomic mass is 10.1. The normalized spacial score (nSPS) is 26.6. The van der Waals surface area contributed by atoms with Gasteiger partial charge in [0.1, 0.15) is 36.8 Å². The number of fused-ring (bicyclic) bond motifs is 1. The number of aromatic nitrogens is 4. The van der Waals surface area contributed by atoms with E-state index in [1.54, 1.807) is 6.92 Å². The third-order valence-electron chi connectivity index (χ3n) is 3.70.